The zero-order valence-corrected chi connectivity index (χ0v) is 10.8. The predicted molar refractivity (Wildman–Crippen MR) is 71.3 cm³/mol. The Labute approximate surface area is 107 Å². The van der Waals surface area contributed by atoms with Gasteiger partial charge in [0.1, 0.15) is 12.4 Å². The number of hydrogen-bond donors (Lipinski definition) is 1. The first-order valence-corrected chi connectivity index (χ1v) is 6.18. The molecule has 0 fully saturated rings. The van der Waals surface area contributed by atoms with E-state index in [0.29, 0.717) is 6.61 Å². The Morgan fingerprint density at radius 3 is 2.89 bits per heavy atom. The third-order valence-electron chi connectivity index (χ3n) is 2.92. The zero-order valence-electron chi connectivity index (χ0n) is 10.8. The van der Waals surface area contributed by atoms with Gasteiger partial charge in [-0.3, -0.25) is 0 Å². The van der Waals surface area contributed by atoms with Crippen LogP contribution in [-0.2, 0) is 13.2 Å². The molecule has 1 atom stereocenters. The third-order valence-corrected chi connectivity index (χ3v) is 2.92. The molecule has 0 amide bonds. The minimum absolute atomic E-state index is 0.0303. The van der Waals surface area contributed by atoms with Gasteiger partial charge in [0.25, 0.3) is 0 Å². The second-order valence-corrected chi connectivity index (χ2v) is 4.29. The number of rotatable bonds is 5. The fraction of sp³-hybridized carbons (Fsp3) is 0.357. The molecule has 0 aliphatic rings. The van der Waals surface area contributed by atoms with E-state index in [1.165, 1.54) is 0 Å². The molecule has 1 aromatic carbocycles. The van der Waals surface area contributed by atoms with E-state index < -0.39 is 0 Å². The Balaban J connectivity index is 2.11. The molecule has 96 valence electrons. The largest absolute Gasteiger partial charge is 0.487 e. The van der Waals surface area contributed by atoms with Gasteiger partial charge in [-0.2, -0.15) is 0 Å². The molecule has 4 nitrogen and oxygen atoms in total. The van der Waals surface area contributed by atoms with Crippen molar-refractivity contribution in [3.05, 3.63) is 48.0 Å². The maximum absolute atomic E-state index is 5.92. The molecular weight excluding hydrogens is 226 g/mol. The molecule has 0 saturated heterocycles. The minimum Gasteiger partial charge on any atom is -0.487 e. The number of nitrogens with zero attached hydrogens (tertiary/aromatic N) is 2. The summed E-state index contributed by atoms with van der Waals surface area (Å²) >= 11 is 0. The Morgan fingerprint density at radius 1 is 1.39 bits per heavy atom. The van der Waals surface area contributed by atoms with Gasteiger partial charge in [0.15, 0.2) is 0 Å². The van der Waals surface area contributed by atoms with E-state index in [2.05, 4.69) is 16.5 Å². The number of para-hydroxylation sites is 1. The first kappa shape index (κ1) is 12.6. The maximum atomic E-state index is 5.92. The lowest BCUT2D eigenvalue weighted by Gasteiger charge is -2.14. The molecule has 2 rings (SSSR count). The van der Waals surface area contributed by atoms with Gasteiger partial charge in [-0.05, 0) is 19.9 Å². The standard InChI is InChI=1S/C14H19N3O/c1-3-17-10-16-8-12(17)9-18-14-7-5-4-6-13(14)11(2)15/h4-8,10-11H,3,9,15H2,1-2H3/t11-/m1/s1. The van der Waals surface area contributed by atoms with E-state index in [0.717, 1.165) is 23.6 Å². The molecule has 0 spiro atoms. The lowest BCUT2D eigenvalue weighted by molar-refractivity contribution is 0.291. The van der Waals surface area contributed by atoms with Crippen molar-refractivity contribution in [1.82, 2.24) is 9.55 Å². The maximum Gasteiger partial charge on any atom is 0.130 e. The van der Waals surface area contributed by atoms with Crippen molar-refractivity contribution in [3.8, 4) is 5.75 Å². The van der Waals surface area contributed by atoms with Gasteiger partial charge in [0.2, 0.25) is 0 Å². The van der Waals surface area contributed by atoms with Crippen molar-refractivity contribution in [2.24, 2.45) is 5.73 Å². The number of aryl methyl sites for hydroxylation is 1. The molecule has 1 aromatic heterocycles. The Morgan fingerprint density at radius 2 is 2.17 bits per heavy atom. The summed E-state index contributed by atoms with van der Waals surface area (Å²) in [6.45, 7) is 5.45. The van der Waals surface area contributed by atoms with E-state index in [9.17, 15) is 0 Å². The SMILES string of the molecule is CCn1cncc1COc1ccccc1[C@@H](C)N. The average Bonchev–Trinajstić information content (AvgIpc) is 2.84. The minimum atomic E-state index is -0.0303. The highest BCUT2D eigenvalue weighted by molar-refractivity contribution is 5.35. The van der Waals surface area contributed by atoms with Gasteiger partial charge in [-0.15, -0.1) is 0 Å². The summed E-state index contributed by atoms with van der Waals surface area (Å²) in [7, 11) is 0. The Hall–Kier alpha value is -1.81. The summed E-state index contributed by atoms with van der Waals surface area (Å²) in [6.07, 6.45) is 3.65. The summed E-state index contributed by atoms with van der Waals surface area (Å²) in [4.78, 5) is 4.12. The molecule has 0 bridgehead atoms. The Bertz CT molecular complexity index is 505. The fourth-order valence-electron chi connectivity index (χ4n) is 1.89. The summed E-state index contributed by atoms with van der Waals surface area (Å²) in [5.41, 5.74) is 8.02. The molecule has 0 aliphatic carbocycles. The van der Waals surface area contributed by atoms with Crippen molar-refractivity contribution in [3.63, 3.8) is 0 Å². The first-order chi connectivity index (χ1) is 8.72. The van der Waals surface area contributed by atoms with Crippen LogP contribution in [0.25, 0.3) is 0 Å². The number of imidazole rings is 1. The molecule has 0 unspecified atom stereocenters. The number of aromatic nitrogens is 2. The van der Waals surface area contributed by atoms with E-state index in [1.807, 2.05) is 43.7 Å². The number of nitrogens with two attached hydrogens (primary N) is 1. The van der Waals surface area contributed by atoms with Gasteiger partial charge < -0.3 is 15.0 Å². The smallest absolute Gasteiger partial charge is 0.130 e. The number of ether oxygens (including phenoxy) is 1. The highest BCUT2D eigenvalue weighted by Crippen LogP contribution is 2.24. The molecule has 0 aliphatic heterocycles. The molecule has 0 radical (unpaired) electrons. The van der Waals surface area contributed by atoms with Crippen LogP contribution in [0.4, 0.5) is 0 Å². The topological polar surface area (TPSA) is 53.1 Å². The van der Waals surface area contributed by atoms with Crippen LogP contribution in [0.15, 0.2) is 36.8 Å². The molecule has 18 heavy (non-hydrogen) atoms. The molecule has 1 heterocycles. The molecule has 2 N–H and O–H groups in total. The van der Waals surface area contributed by atoms with Crippen LogP contribution in [0.3, 0.4) is 0 Å². The first-order valence-electron chi connectivity index (χ1n) is 6.18. The van der Waals surface area contributed by atoms with E-state index in [1.54, 1.807) is 0 Å². The Kier molecular flexibility index (Phi) is 3.99. The van der Waals surface area contributed by atoms with Crippen molar-refractivity contribution in [2.75, 3.05) is 0 Å². The normalized spacial score (nSPS) is 12.4. The van der Waals surface area contributed by atoms with Crippen LogP contribution in [-0.4, -0.2) is 9.55 Å². The second-order valence-electron chi connectivity index (χ2n) is 4.29. The van der Waals surface area contributed by atoms with E-state index in [4.69, 9.17) is 10.5 Å². The van der Waals surface area contributed by atoms with Gasteiger partial charge >= 0.3 is 0 Å². The summed E-state index contributed by atoms with van der Waals surface area (Å²) in [5, 5.41) is 0. The van der Waals surface area contributed by atoms with Gasteiger partial charge in [0.05, 0.1) is 18.2 Å². The molecular formula is C14H19N3O. The fourth-order valence-corrected chi connectivity index (χ4v) is 1.89. The highest BCUT2D eigenvalue weighted by Gasteiger charge is 2.08. The summed E-state index contributed by atoms with van der Waals surface area (Å²) in [6, 6.07) is 7.85. The van der Waals surface area contributed by atoms with E-state index in [-0.39, 0.29) is 6.04 Å². The third kappa shape index (κ3) is 2.71. The van der Waals surface area contributed by atoms with Crippen molar-refractivity contribution < 1.29 is 4.74 Å². The van der Waals surface area contributed by atoms with Crippen LogP contribution in [0.5, 0.6) is 5.75 Å². The molecule has 0 saturated carbocycles. The van der Waals surface area contributed by atoms with Gasteiger partial charge in [-0.1, -0.05) is 18.2 Å². The van der Waals surface area contributed by atoms with Crippen LogP contribution >= 0.6 is 0 Å². The van der Waals surface area contributed by atoms with Crippen LogP contribution in [0.1, 0.15) is 31.1 Å². The molecule has 4 heteroatoms. The average molecular weight is 245 g/mol. The second kappa shape index (κ2) is 5.69. The zero-order chi connectivity index (χ0) is 13.0. The van der Waals surface area contributed by atoms with Crippen LogP contribution < -0.4 is 10.5 Å². The highest BCUT2D eigenvalue weighted by atomic mass is 16.5. The van der Waals surface area contributed by atoms with Crippen LogP contribution in [0.2, 0.25) is 0 Å². The van der Waals surface area contributed by atoms with Crippen molar-refractivity contribution in [1.29, 1.82) is 0 Å². The van der Waals surface area contributed by atoms with Gasteiger partial charge in [0, 0.05) is 18.2 Å². The number of benzene rings is 1. The molecule has 2 aromatic rings. The predicted octanol–water partition coefficient (Wildman–Crippen LogP) is 2.50. The monoisotopic (exact) mass is 245 g/mol. The quantitative estimate of drug-likeness (QED) is 0.880. The van der Waals surface area contributed by atoms with Gasteiger partial charge in [-0.25, -0.2) is 4.98 Å². The lowest BCUT2D eigenvalue weighted by Crippen LogP contribution is -2.09. The van der Waals surface area contributed by atoms with E-state index >= 15 is 0 Å². The van der Waals surface area contributed by atoms with Crippen molar-refractivity contribution in [2.45, 2.75) is 33.0 Å². The lowest BCUT2D eigenvalue weighted by atomic mass is 10.1. The van der Waals surface area contributed by atoms with Crippen molar-refractivity contribution >= 4 is 0 Å². The van der Waals surface area contributed by atoms with Crippen LogP contribution in [0, 0.1) is 0 Å². The summed E-state index contributed by atoms with van der Waals surface area (Å²) in [5.74, 6) is 0.844. The summed E-state index contributed by atoms with van der Waals surface area (Å²) < 4.78 is 7.91. The number of hydrogen-bond acceptors (Lipinski definition) is 3.